The zero-order valence-electron chi connectivity index (χ0n) is 11.7. The average molecular weight is 265 g/mol. The topological polar surface area (TPSA) is 46.6 Å². The minimum absolute atomic E-state index is 0.121. The standard InChI is InChI=1S/C15H23NO3/c1-4-5-6-7-8-13(11-12(2)3)14(17)16-9-10-19-15(16)18/h4,13H,1-2,5-11H2,3H3. The molecular weight excluding hydrogens is 242 g/mol. The lowest BCUT2D eigenvalue weighted by Gasteiger charge is -2.20. The van der Waals surface area contributed by atoms with E-state index in [2.05, 4.69) is 13.2 Å². The van der Waals surface area contributed by atoms with Gasteiger partial charge in [0.1, 0.15) is 6.61 Å². The molecule has 0 spiro atoms. The molecule has 0 bridgehead atoms. The number of allylic oxidation sites excluding steroid dienone is 2. The Balaban J connectivity index is 2.56. The van der Waals surface area contributed by atoms with E-state index in [9.17, 15) is 9.59 Å². The van der Waals surface area contributed by atoms with Crippen molar-refractivity contribution >= 4 is 12.0 Å². The summed E-state index contributed by atoms with van der Waals surface area (Å²) >= 11 is 0. The second kappa shape index (κ2) is 7.77. The molecule has 2 amide bonds. The van der Waals surface area contributed by atoms with E-state index in [0.29, 0.717) is 19.6 Å². The van der Waals surface area contributed by atoms with Gasteiger partial charge in [0, 0.05) is 5.92 Å². The number of imide groups is 1. The van der Waals surface area contributed by atoms with Crippen molar-refractivity contribution in [3.8, 4) is 0 Å². The zero-order valence-corrected chi connectivity index (χ0v) is 11.7. The van der Waals surface area contributed by atoms with Crippen molar-refractivity contribution in [2.24, 2.45) is 5.92 Å². The summed E-state index contributed by atoms with van der Waals surface area (Å²) in [5, 5.41) is 0. The van der Waals surface area contributed by atoms with Gasteiger partial charge in [0.2, 0.25) is 5.91 Å². The highest BCUT2D eigenvalue weighted by Gasteiger charge is 2.32. The van der Waals surface area contributed by atoms with E-state index in [1.165, 1.54) is 4.90 Å². The van der Waals surface area contributed by atoms with Gasteiger partial charge < -0.3 is 4.74 Å². The lowest BCUT2D eigenvalue weighted by Crippen LogP contribution is -2.37. The van der Waals surface area contributed by atoms with Crippen LogP contribution in [0, 0.1) is 5.92 Å². The third kappa shape index (κ3) is 4.89. The van der Waals surface area contributed by atoms with Crippen LogP contribution in [0.15, 0.2) is 24.8 Å². The summed E-state index contributed by atoms with van der Waals surface area (Å²) in [7, 11) is 0. The molecule has 1 saturated heterocycles. The predicted molar refractivity (Wildman–Crippen MR) is 74.6 cm³/mol. The number of amides is 2. The Kier molecular flexibility index (Phi) is 6.33. The van der Waals surface area contributed by atoms with Gasteiger partial charge in [-0.15, -0.1) is 13.2 Å². The maximum atomic E-state index is 12.3. The maximum absolute atomic E-state index is 12.3. The van der Waals surface area contributed by atoms with Gasteiger partial charge in [0.05, 0.1) is 6.54 Å². The van der Waals surface area contributed by atoms with Gasteiger partial charge in [0.25, 0.3) is 0 Å². The van der Waals surface area contributed by atoms with Crippen molar-refractivity contribution in [1.29, 1.82) is 0 Å². The Hall–Kier alpha value is -1.58. The van der Waals surface area contributed by atoms with Gasteiger partial charge in [-0.25, -0.2) is 9.69 Å². The van der Waals surface area contributed by atoms with Gasteiger partial charge >= 0.3 is 6.09 Å². The molecule has 1 aliphatic rings. The highest BCUT2D eigenvalue weighted by atomic mass is 16.6. The van der Waals surface area contributed by atoms with Crippen LogP contribution in [-0.4, -0.2) is 30.1 Å². The molecule has 1 atom stereocenters. The van der Waals surface area contributed by atoms with Crippen LogP contribution in [0.5, 0.6) is 0 Å². The molecule has 0 N–H and O–H groups in total. The van der Waals surface area contributed by atoms with E-state index in [1.54, 1.807) is 0 Å². The lowest BCUT2D eigenvalue weighted by molar-refractivity contribution is -0.132. The second-order valence-corrected chi connectivity index (χ2v) is 5.04. The molecule has 0 aromatic carbocycles. The van der Waals surface area contributed by atoms with Crippen molar-refractivity contribution in [2.75, 3.05) is 13.2 Å². The maximum Gasteiger partial charge on any atom is 0.416 e. The largest absolute Gasteiger partial charge is 0.447 e. The molecule has 19 heavy (non-hydrogen) atoms. The van der Waals surface area contributed by atoms with Crippen LogP contribution in [0.3, 0.4) is 0 Å². The van der Waals surface area contributed by atoms with Crippen LogP contribution in [0.25, 0.3) is 0 Å². The van der Waals surface area contributed by atoms with E-state index in [0.717, 1.165) is 31.3 Å². The van der Waals surface area contributed by atoms with E-state index >= 15 is 0 Å². The smallest absolute Gasteiger partial charge is 0.416 e. The first kappa shape index (κ1) is 15.5. The van der Waals surface area contributed by atoms with E-state index in [-0.39, 0.29) is 11.8 Å². The molecule has 1 aliphatic heterocycles. The van der Waals surface area contributed by atoms with Gasteiger partial charge in [-0.1, -0.05) is 18.1 Å². The summed E-state index contributed by atoms with van der Waals surface area (Å²) in [6.07, 6.45) is 5.72. The second-order valence-electron chi connectivity index (χ2n) is 5.04. The number of nitrogens with zero attached hydrogens (tertiary/aromatic N) is 1. The fourth-order valence-corrected chi connectivity index (χ4v) is 2.23. The monoisotopic (exact) mass is 265 g/mol. The van der Waals surface area contributed by atoms with Crippen LogP contribution < -0.4 is 0 Å². The molecule has 4 heteroatoms. The summed E-state index contributed by atoms with van der Waals surface area (Å²) in [4.78, 5) is 25.0. The summed E-state index contributed by atoms with van der Waals surface area (Å²) < 4.78 is 4.82. The van der Waals surface area contributed by atoms with Crippen LogP contribution in [0.4, 0.5) is 4.79 Å². The van der Waals surface area contributed by atoms with Gasteiger partial charge in [-0.2, -0.15) is 0 Å². The molecule has 0 aliphatic carbocycles. The first-order chi connectivity index (χ1) is 9.06. The van der Waals surface area contributed by atoms with Crippen LogP contribution in [0.2, 0.25) is 0 Å². The zero-order chi connectivity index (χ0) is 14.3. The summed E-state index contributed by atoms with van der Waals surface area (Å²) in [6, 6.07) is 0. The summed E-state index contributed by atoms with van der Waals surface area (Å²) in [5.74, 6) is -0.280. The summed E-state index contributed by atoms with van der Waals surface area (Å²) in [6.45, 7) is 10.1. The van der Waals surface area contributed by atoms with Crippen LogP contribution in [-0.2, 0) is 9.53 Å². The van der Waals surface area contributed by atoms with E-state index in [1.807, 2.05) is 13.0 Å². The number of cyclic esters (lactones) is 1. The van der Waals surface area contributed by atoms with E-state index < -0.39 is 6.09 Å². The minimum atomic E-state index is -0.511. The number of rotatable bonds is 8. The lowest BCUT2D eigenvalue weighted by atomic mass is 9.93. The van der Waals surface area contributed by atoms with Gasteiger partial charge in [-0.3, -0.25) is 4.79 Å². The Morgan fingerprint density at radius 3 is 2.79 bits per heavy atom. The quantitative estimate of drug-likeness (QED) is 0.499. The molecule has 1 unspecified atom stereocenters. The molecule has 106 valence electrons. The molecule has 4 nitrogen and oxygen atoms in total. The van der Waals surface area contributed by atoms with Crippen molar-refractivity contribution in [1.82, 2.24) is 4.90 Å². The highest BCUT2D eigenvalue weighted by Crippen LogP contribution is 2.22. The van der Waals surface area contributed by atoms with Crippen LogP contribution >= 0.6 is 0 Å². The first-order valence-corrected chi connectivity index (χ1v) is 6.79. The number of carbonyl (C=O) groups excluding carboxylic acids is 2. The van der Waals surface area contributed by atoms with Crippen molar-refractivity contribution in [2.45, 2.75) is 39.0 Å². The number of hydrogen-bond acceptors (Lipinski definition) is 3. The Labute approximate surface area is 115 Å². The molecule has 0 radical (unpaired) electrons. The van der Waals surface area contributed by atoms with Gasteiger partial charge in [-0.05, 0) is 32.6 Å². The van der Waals surface area contributed by atoms with Crippen molar-refractivity contribution < 1.29 is 14.3 Å². The third-order valence-corrected chi connectivity index (χ3v) is 3.18. The molecule has 1 rings (SSSR count). The van der Waals surface area contributed by atoms with Crippen LogP contribution in [0.1, 0.15) is 39.0 Å². The predicted octanol–water partition coefficient (Wildman–Crippen LogP) is 3.29. The molecule has 0 saturated carbocycles. The number of unbranched alkanes of at least 4 members (excludes halogenated alkanes) is 2. The highest BCUT2D eigenvalue weighted by molar-refractivity contribution is 5.94. The minimum Gasteiger partial charge on any atom is -0.447 e. The Morgan fingerprint density at radius 2 is 2.26 bits per heavy atom. The third-order valence-electron chi connectivity index (χ3n) is 3.18. The number of carbonyl (C=O) groups is 2. The average Bonchev–Trinajstić information content (AvgIpc) is 2.78. The van der Waals surface area contributed by atoms with Crippen molar-refractivity contribution in [3.63, 3.8) is 0 Å². The first-order valence-electron chi connectivity index (χ1n) is 6.79. The molecule has 1 fully saturated rings. The van der Waals surface area contributed by atoms with Gasteiger partial charge in [0.15, 0.2) is 0 Å². The van der Waals surface area contributed by atoms with E-state index in [4.69, 9.17) is 4.74 Å². The number of ether oxygens (including phenoxy) is 1. The molecular formula is C15H23NO3. The number of hydrogen-bond donors (Lipinski definition) is 0. The fraction of sp³-hybridized carbons (Fsp3) is 0.600. The molecule has 1 heterocycles. The fourth-order valence-electron chi connectivity index (χ4n) is 2.23. The Morgan fingerprint density at radius 1 is 1.53 bits per heavy atom. The van der Waals surface area contributed by atoms with Crippen molar-refractivity contribution in [3.05, 3.63) is 24.8 Å². The Bertz CT molecular complexity index is 362. The molecule has 0 aromatic rings. The SMILES string of the molecule is C=CCCCCC(CC(=C)C)C(=O)N1CCOC1=O. The summed E-state index contributed by atoms with van der Waals surface area (Å²) in [5.41, 5.74) is 0.967. The molecule has 0 aromatic heterocycles. The normalized spacial score (nSPS) is 16.1.